The molecule has 20 heavy (non-hydrogen) atoms. The summed E-state index contributed by atoms with van der Waals surface area (Å²) in [6.07, 6.45) is 3.46. The van der Waals surface area contributed by atoms with E-state index in [1.54, 1.807) is 12.1 Å². The van der Waals surface area contributed by atoms with Gasteiger partial charge in [0.1, 0.15) is 11.0 Å². The van der Waals surface area contributed by atoms with Gasteiger partial charge in [-0.05, 0) is 44.2 Å². The number of nitrogens with one attached hydrogen (secondary N) is 1. The number of carbonyl (C=O) groups is 1. The number of halogens is 1. The highest BCUT2D eigenvalue weighted by Gasteiger charge is 2.27. The summed E-state index contributed by atoms with van der Waals surface area (Å²) in [4.78, 5) is 18.7. The van der Waals surface area contributed by atoms with Crippen LogP contribution in [0, 0.1) is 5.92 Å². The normalized spacial score (nSPS) is 14.2. The molecule has 0 saturated heterocycles. The lowest BCUT2D eigenvalue weighted by Crippen LogP contribution is -2.33. The van der Waals surface area contributed by atoms with Gasteiger partial charge in [0.2, 0.25) is 0 Å². The van der Waals surface area contributed by atoms with Crippen LogP contribution >= 0.6 is 11.6 Å². The molecule has 0 radical (unpaired) electrons. The van der Waals surface area contributed by atoms with Gasteiger partial charge in [-0.3, -0.25) is 4.79 Å². The zero-order chi connectivity index (χ0) is 14.5. The van der Waals surface area contributed by atoms with Crippen molar-refractivity contribution in [2.75, 3.05) is 25.0 Å². The lowest BCUT2D eigenvalue weighted by Gasteiger charge is -2.22. The molecule has 1 N–H and O–H groups in total. The van der Waals surface area contributed by atoms with Crippen LogP contribution in [0.2, 0.25) is 5.15 Å². The van der Waals surface area contributed by atoms with E-state index in [0.717, 1.165) is 26.1 Å². The summed E-state index contributed by atoms with van der Waals surface area (Å²) >= 11 is 6.01. The minimum Gasteiger partial charge on any atom is -0.370 e. The van der Waals surface area contributed by atoms with Crippen molar-refractivity contribution in [3.8, 4) is 0 Å². The van der Waals surface area contributed by atoms with E-state index in [-0.39, 0.29) is 5.91 Å². The number of pyridine rings is 1. The highest BCUT2D eigenvalue weighted by atomic mass is 35.5. The van der Waals surface area contributed by atoms with Gasteiger partial charge in [0.15, 0.2) is 0 Å². The third-order valence-corrected chi connectivity index (χ3v) is 3.55. The Kier molecular flexibility index (Phi) is 5.24. The molecule has 5 heteroatoms. The zero-order valence-corrected chi connectivity index (χ0v) is 12.9. The third-order valence-electron chi connectivity index (χ3n) is 3.36. The standard InChI is InChI=1S/C15H22ClN3O/c1-3-7-19(10-11-5-6-11)15(20)12-8-13(16)18-14(9-12)17-4-2/h8-9,11H,3-7,10H2,1-2H3,(H,17,18). The first-order chi connectivity index (χ1) is 9.63. The third kappa shape index (κ3) is 4.10. The second kappa shape index (κ2) is 6.93. The molecule has 1 saturated carbocycles. The van der Waals surface area contributed by atoms with Gasteiger partial charge < -0.3 is 10.2 Å². The van der Waals surface area contributed by atoms with Crippen molar-refractivity contribution in [2.45, 2.75) is 33.1 Å². The number of nitrogens with zero attached hydrogens (tertiary/aromatic N) is 2. The van der Waals surface area contributed by atoms with Gasteiger partial charge in [0.25, 0.3) is 5.91 Å². The number of amides is 1. The number of anilines is 1. The molecular formula is C15H22ClN3O. The second-order valence-electron chi connectivity index (χ2n) is 5.29. The maximum atomic E-state index is 12.6. The topological polar surface area (TPSA) is 45.2 Å². The summed E-state index contributed by atoms with van der Waals surface area (Å²) < 4.78 is 0. The molecule has 1 aromatic heterocycles. The highest BCUT2D eigenvalue weighted by Crippen LogP contribution is 2.30. The molecule has 1 aliphatic rings. The minimum atomic E-state index is 0.0576. The van der Waals surface area contributed by atoms with E-state index in [2.05, 4.69) is 17.2 Å². The lowest BCUT2D eigenvalue weighted by molar-refractivity contribution is 0.0747. The smallest absolute Gasteiger partial charge is 0.254 e. The van der Waals surface area contributed by atoms with Crippen LogP contribution in [0.1, 0.15) is 43.5 Å². The SMILES string of the molecule is CCCN(CC1CC1)C(=O)c1cc(Cl)nc(NCC)c1. The maximum absolute atomic E-state index is 12.6. The Bertz CT molecular complexity index is 474. The molecule has 2 rings (SSSR count). The quantitative estimate of drug-likeness (QED) is 0.784. The molecule has 1 aromatic rings. The van der Waals surface area contributed by atoms with Crippen LogP contribution < -0.4 is 5.32 Å². The molecule has 0 aliphatic heterocycles. The number of hydrogen-bond acceptors (Lipinski definition) is 3. The van der Waals surface area contributed by atoms with Gasteiger partial charge in [-0.25, -0.2) is 4.98 Å². The molecule has 1 heterocycles. The first-order valence-electron chi connectivity index (χ1n) is 7.34. The number of rotatable bonds is 7. The van der Waals surface area contributed by atoms with Gasteiger partial charge in [-0.15, -0.1) is 0 Å². The molecule has 0 unspecified atom stereocenters. The molecule has 0 spiro atoms. The predicted molar refractivity (Wildman–Crippen MR) is 82.3 cm³/mol. The van der Waals surface area contributed by atoms with E-state index in [0.29, 0.717) is 22.5 Å². The van der Waals surface area contributed by atoms with Crippen molar-refractivity contribution < 1.29 is 4.79 Å². The van der Waals surface area contributed by atoms with Crippen molar-refractivity contribution in [1.82, 2.24) is 9.88 Å². The number of hydrogen-bond donors (Lipinski definition) is 1. The van der Waals surface area contributed by atoms with E-state index in [4.69, 9.17) is 11.6 Å². The van der Waals surface area contributed by atoms with E-state index in [1.165, 1.54) is 12.8 Å². The Morgan fingerprint density at radius 2 is 2.20 bits per heavy atom. The Labute approximate surface area is 125 Å². The molecule has 4 nitrogen and oxygen atoms in total. The molecule has 0 aromatic carbocycles. The molecule has 0 atom stereocenters. The molecule has 0 bridgehead atoms. The van der Waals surface area contributed by atoms with Gasteiger partial charge in [-0.2, -0.15) is 0 Å². The molecule has 1 fully saturated rings. The predicted octanol–water partition coefficient (Wildman–Crippen LogP) is 3.43. The molecular weight excluding hydrogens is 274 g/mol. The van der Waals surface area contributed by atoms with Crippen LogP contribution in [0.3, 0.4) is 0 Å². The van der Waals surface area contributed by atoms with E-state index < -0.39 is 0 Å². The molecule has 110 valence electrons. The second-order valence-corrected chi connectivity index (χ2v) is 5.68. The number of aromatic nitrogens is 1. The van der Waals surface area contributed by atoms with Crippen molar-refractivity contribution in [1.29, 1.82) is 0 Å². The van der Waals surface area contributed by atoms with Gasteiger partial charge >= 0.3 is 0 Å². The van der Waals surface area contributed by atoms with E-state index in [9.17, 15) is 4.79 Å². The summed E-state index contributed by atoms with van der Waals surface area (Å²) in [6.45, 7) is 6.49. The van der Waals surface area contributed by atoms with Gasteiger partial charge in [-0.1, -0.05) is 18.5 Å². The van der Waals surface area contributed by atoms with E-state index >= 15 is 0 Å². The summed E-state index contributed by atoms with van der Waals surface area (Å²) in [7, 11) is 0. The Hall–Kier alpha value is -1.29. The minimum absolute atomic E-state index is 0.0576. The zero-order valence-electron chi connectivity index (χ0n) is 12.2. The molecule has 1 amide bonds. The van der Waals surface area contributed by atoms with Crippen molar-refractivity contribution in [2.24, 2.45) is 5.92 Å². The fourth-order valence-corrected chi connectivity index (χ4v) is 2.44. The summed E-state index contributed by atoms with van der Waals surface area (Å²) in [5, 5.41) is 3.46. The summed E-state index contributed by atoms with van der Waals surface area (Å²) in [5.41, 5.74) is 0.620. The average Bonchev–Trinajstić information content (AvgIpc) is 3.21. The summed E-state index contributed by atoms with van der Waals surface area (Å²) in [6, 6.07) is 3.44. The van der Waals surface area contributed by atoms with Gasteiger partial charge in [0.05, 0.1) is 0 Å². The van der Waals surface area contributed by atoms with Crippen molar-refractivity contribution in [3.63, 3.8) is 0 Å². The van der Waals surface area contributed by atoms with Gasteiger partial charge in [0, 0.05) is 25.2 Å². The van der Waals surface area contributed by atoms with Crippen LogP contribution in [0.25, 0.3) is 0 Å². The van der Waals surface area contributed by atoms with Crippen LogP contribution in [0.15, 0.2) is 12.1 Å². The Morgan fingerprint density at radius 3 is 2.80 bits per heavy atom. The first-order valence-corrected chi connectivity index (χ1v) is 7.72. The number of carbonyl (C=O) groups excluding carboxylic acids is 1. The Balaban J connectivity index is 2.15. The monoisotopic (exact) mass is 295 g/mol. The van der Waals surface area contributed by atoms with Crippen LogP contribution in [0.5, 0.6) is 0 Å². The molecule has 1 aliphatic carbocycles. The first kappa shape index (κ1) is 15.1. The maximum Gasteiger partial charge on any atom is 0.254 e. The van der Waals surface area contributed by atoms with Crippen LogP contribution in [-0.2, 0) is 0 Å². The largest absolute Gasteiger partial charge is 0.370 e. The fraction of sp³-hybridized carbons (Fsp3) is 0.600. The fourth-order valence-electron chi connectivity index (χ4n) is 2.23. The van der Waals surface area contributed by atoms with Crippen LogP contribution in [-0.4, -0.2) is 35.4 Å². The van der Waals surface area contributed by atoms with E-state index in [1.807, 2.05) is 11.8 Å². The Morgan fingerprint density at radius 1 is 1.45 bits per heavy atom. The van der Waals surface area contributed by atoms with Crippen LogP contribution in [0.4, 0.5) is 5.82 Å². The highest BCUT2D eigenvalue weighted by molar-refractivity contribution is 6.29. The average molecular weight is 296 g/mol. The van der Waals surface area contributed by atoms with Crippen molar-refractivity contribution in [3.05, 3.63) is 22.8 Å². The lowest BCUT2D eigenvalue weighted by atomic mass is 10.2. The summed E-state index contributed by atoms with van der Waals surface area (Å²) in [5.74, 6) is 1.41. The van der Waals surface area contributed by atoms with Crippen molar-refractivity contribution >= 4 is 23.3 Å².